The number of piperazine rings is 1. The average Bonchev–Trinajstić information content (AvgIpc) is 2.84. The van der Waals surface area contributed by atoms with E-state index in [0.717, 1.165) is 25.3 Å². The highest BCUT2D eigenvalue weighted by molar-refractivity contribution is 6.40. The van der Waals surface area contributed by atoms with Crippen LogP contribution in [0.25, 0.3) is 0 Å². The molecule has 2 aromatic carbocycles. The highest BCUT2D eigenvalue weighted by Gasteiger charge is 2.32. The van der Waals surface area contributed by atoms with Crippen molar-refractivity contribution in [3.8, 4) is 0 Å². The number of likely N-dealkylation sites (N-methyl/N-ethyl adjacent to an activating group) is 1. The number of hydrogen-bond acceptors (Lipinski definition) is 7. The van der Waals surface area contributed by atoms with Crippen LogP contribution in [0.5, 0.6) is 0 Å². The Labute approximate surface area is 215 Å². The molecule has 3 aromatic rings. The van der Waals surface area contributed by atoms with Crippen LogP contribution in [0.2, 0.25) is 10.0 Å². The Kier molecular flexibility index (Phi) is 6.44. The maximum absolute atomic E-state index is 13.2. The summed E-state index contributed by atoms with van der Waals surface area (Å²) in [7, 11) is 4.04. The Balaban J connectivity index is 1.33. The van der Waals surface area contributed by atoms with Crippen LogP contribution < -0.4 is 20.0 Å². The van der Waals surface area contributed by atoms with Gasteiger partial charge in [-0.05, 0) is 50.4 Å². The highest BCUT2D eigenvalue weighted by atomic mass is 35.5. The first kappa shape index (κ1) is 23.7. The predicted octanol–water partition coefficient (Wildman–Crippen LogP) is 4.72. The summed E-state index contributed by atoms with van der Waals surface area (Å²) < 4.78 is 0. The van der Waals surface area contributed by atoms with Crippen LogP contribution in [-0.4, -0.2) is 67.2 Å². The Hall–Kier alpha value is -3.07. The Morgan fingerprint density at radius 2 is 1.74 bits per heavy atom. The number of carbonyl (C=O) groups excluding carboxylic acids is 1. The number of benzene rings is 2. The number of anilines is 5. The molecule has 0 spiro atoms. The first-order chi connectivity index (χ1) is 16.8. The molecule has 0 radical (unpaired) electrons. The van der Waals surface area contributed by atoms with Crippen molar-refractivity contribution in [2.24, 2.45) is 0 Å². The second kappa shape index (κ2) is 9.53. The van der Waals surface area contributed by atoms with Gasteiger partial charge in [-0.25, -0.2) is 4.98 Å². The first-order valence-electron chi connectivity index (χ1n) is 11.5. The number of halogens is 2. The molecule has 1 N–H and O–H groups in total. The molecular weight excluding hydrogens is 485 g/mol. The van der Waals surface area contributed by atoms with Crippen LogP contribution in [-0.2, 0) is 0 Å². The van der Waals surface area contributed by atoms with Crippen molar-refractivity contribution in [1.82, 2.24) is 14.9 Å². The standard InChI is InChI=1S/C25H27Cl2N7O/c1-16-14-33(12-11-31(16)2)18-9-7-17(8-10-18)29-25-28-13-19-23(30-25)32(3)15-34(24(19)35)22-20(26)5-4-6-21(22)27/h4-10,13,16H,11-12,14-15H2,1-3H3,(H,28,29,30)/t16-/m1/s1. The topological polar surface area (TPSA) is 67.8 Å². The molecule has 182 valence electrons. The molecule has 0 unspecified atom stereocenters. The lowest BCUT2D eigenvalue weighted by Crippen LogP contribution is -2.50. The van der Waals surface area contributed by atoms with E-state index >= 15 is 0 Å². The van der Waals surface area contributed by atoms with Crippen LogP contribution in [0.3, 0.4) is 0 Å². The summed E-state index contributed by atoms with van der Waals surface area (Å²) in [5.41, 5.74) is 2.95. The fourth-order valence-corrected chi connectivity index (χ4v) is 5.05. The van der Waals surface area contributed by atoms with Crippen molar-refractivity contribution in [2.75, 3.05) is 60.4 Å². The van der Waals surface area contributed by atoms with E-state index in [1.807, 2.05) is 24.1 Å². The van der Waals surface area contributed by atoms with Crippen molar-refractivity contribution in [3.63, 3.8) is 0 Å². The van der Waals surface area contributed by atoms with E-state index in [1.54, 1.807) is 29.3 Å². The number of carbonyl (C=O) groups is 1. The highest BCUT2D eigenvalue weighted by Crippen LogP contribution is 2.37. The fourth-order valence-electron chi connectivity index (χ4n) is 4.45. The van der Waals surface area contributed by atoms with Gasteiger partial charge in [-0.3, -0.25) is 9.69 Å². The predicted molar refractivity (Wildman–Crippen MR) is 143 cm³/mol. The molecular formula is C25H27Cl2N7O. The Bertz CT molecular complexity index is 1230. The summed E-state index contributed by atoms with van der Waals surface area (Å²) in [6, 6.07) is 14.0. The summed E-state index contributed by atoms with van der Waals surface area (Å²) in [6.45, 7) is 5.59. The van der Waals surface area contributed by atoms with E-state index in [4.69, 9.17) is 23.2 Å². The number of hydrogen-bond donors (Lipinski definition) is 1. The number of rotatable bonds is 4. The third-order valence-electron chi connectivity index (χ3n) is 6.62. The van der Waals surface area contributed by atoms with Crippen LogP contribution in [0, 0.1) is 0 Å². The molecule has 35 heavy (non-hydrogen) atoms. The van der Waals surface area contributed by atoms with Gasteiger partial charge in [-0.15, -0.1) is 0 Å². The van der Waals surface area contributed by atoms with Gasteiger partial charge in [0.15, 0.2) is 0 Å². The summed E-state index contributed by atoms with van der Waals surface area (Å²) >= 11 is 12.7. The monoisotopic (exact) mass is 511 g/mol. The van der Waals surface area contributed by atoms with Gasteiger partial charge in [0, 0.05) is 50.3 Å². The van der Waals surface area contributed by atoms with Gasteiger partial charge in [-0.1, -0.05) is 29.3 Å². The third-order valence-corrected chi connectivity index (χ3v) is 7.23. The number of amides is 1. The molecule has 8 nitrogen and oxygen atoms in total. The van der Waals surface area contributed by atoms with Crippen molar-refractivity contribution < 1.29 is 4.79 Å². The molecule has 10 heteroatoms. The first-order valence-corrected chi connectivity index (χ1v) is 12.2. The second-order valence-corrected chi connectivity index (χ2v) is 9.84. The molecule has 1 saturated heterocycles. The Morgan fingerprint density at radius 3 is 2.43 bits per heavy atom. The molecule has 1 fully saturated rings. The van der Waals surface area contributed by atoms with Crippen molar-refractivity contribution in [3.05, 3.63) is 64.3 Å². The lowest BCUT2D eigenvalue weighted by atomic mass is 10.1. The van der Waals surface area contributed by atoms with Crippen LogP contribution in [0.1, 0.15) is 17.3 Å². The molecule has 2 aliphatic heterocycles. The SMILES string of the molecule is C[C@@H]1CN(c2ccc(Nc3ncc4c(n3)N(C)CN(c3c(Cl)cccc3Cl)C4=O)cc2)CCN1C. The van der Waals surface area contributed by atoms with E-state index < -0.39 is 0 Å². The van der Waals surface area contributed by atoms with Gasteiger partial charge < -0.3 is 20.0 Å². The van der Waals surface area contributed by atoms with Crippen LogP contribution >= 0.6 is 23.2 Å². The van der Waals surface area contributed by atoms with Crippen molar-refractivity contribution >= 4 is 57.9 Å². The van der Waals surface area contributed by atoms with Gasteiger partial charge in [0.05, 0.1) is 22.4 Å². The largest absolute Gasteiger partial charge is 0.369 e. The number of nitrogens with one attached hydrogen (secondary N) is 1. The molecule has 1 aromatic heterocycles. The molecule has 0 aliphatic carbocycles. The van der Waals surface area contributed by atoms with Crippen molar-refractivity contribution in [1.29, 1.82) is 0 Å². The average molecular weight is 512 g/mol. The lowest BCUT2D eigenvalue weighted by molar-refractivity contribution is 0.0982. The number of aromatic nitrogens is 2. The molecule has 3 heterocycles. The lowest BCUT2D eigenvalue weighted by Gasteiger charge is -2.39. The summed E-state index contributed by atoms with van der Waals surface area (Å²) in [5, 5.41) is 4.08. The number of fused-ring (bicyclic) bond motifs is 1. The third kappa shape index (κ3) is 4.61. The van der Waals surface area contributed by atoms with E-state index in [1.165, 1.54) is 5.69 Å². The molecule has 1 atom stereocenters. The van der Waals surface area contributed by atoms with Crippen LogP contribution in [0.4, 0.5) is 28.8 Å². The molecule has 5 rings (SSSR count). The smallest absolute Gasteiger partial charge is 0.265 e. The van der Waals surface area contributed by atoms with Gasteiger partial charge >= 0.3 is 0 Å². The number of nitrogens with zero attached hydrogens (tertiary/aromatic N) is 6. The zero-order valence-corrected chi connectivity index (χ0v) is 21.4. The summed E-state index contributed by atoms with van der Waals surface area (Å²) in [4.78, 5) is 30.5. The van der Waals surface area contributed by atoms with Crippen LogP contribution in [0.15, 0.2) is 48.7 Å². The van der Waals surface area contributed by atoms with Gasteiger partial charge in [-0.2, -0.15) is 4.98 Å². The summed E-state index contributed by atoms with van der Waals surface area (Å²) in [5.74, 6) is 0.731. The van der Waals surface area contributed by atoms with Gasteiger partial charge in [0.1, 0.15) is 11.4 Å². The van der Waals surface area contributed by atoms with E-state index in [2.05, 4.69) is 51.2 Å². The summed E-state index contributed by atoms with van der Waals surface area (Å²) in [6.07, 6.45) is 1.54. The quantitative estimate of drug-likeness (QED) is 0.543. The number of para-hydroxylation sites is 1. The molecule has 0 bridgehead atoms. The second-order valence-electron chi connectivity index (χ2n) is 9.02. The van der Waals surface area contributed by atoms with E-state index in [0.29, 0.717) is 39.1 Å². The maximum Gasteiger partial charge on any atom is 0.265 e. The van der Waals surface area contributed by atoms with E-state index in [9.17, 15) is 4.79 Å². The molecule has 2 aliphatic rings. The maximum atomic E-state index is 13.2. The molecule has 0 saturated carbocycles. The Morgan fingerprint density at radius 1 is 1.03 bits per heavy atom. The van der Waals surface area contributed by atoms with Crippen molar-refractivity contribution in [2.45, 2.75) is 13.0 Å². The van der Waals surface area contributed by atoms with Gasteiger partial charge in [0.25, 0.3) is 5.91 Å². The van der Waals surface area contributed by atoms with Gasteiger partial charge in [0.2, 0.25) is 5.95 Å². The van der Waals surface area contributed by atoms with E-state index in [-0.39, 0.29) is 12.6 Å². The minimum Gasteiger partial charge on any atom is -0.369 e. The normalized spacial score (nSPS) is 18.6. The zero-order chi connectivity index (χ0) is 24.7. The molecule has 1 amide bonds. The minimum absolute atomic E-state index is 0.245. The zero-order valence-electron chi connectivity index (χ0n) is 19.9. The fraction of sp³-hybridized carbons (Fsp3) is 0.320. The minimum atomic E-state index is -0.245.